The Morgan fingerprint density at radius 2 is 2.33 bits per heavy atom. The molecule has 2 rings (SSSR count). The van der Waals surface area contributed by atoms with E-state index in [4.69, 9.17) is 28.3 Å². The summed E-state index contributed by atoms with van der Waals surface area (Å²) in [4.78, 5) is 17.1. The number of aromatic nitrogens is 1. The van der Waals surface area contributed by atoms with E-state index in [1.165, 1.54) is 0 Å². The second kappa shape index (κ2) is 5.84. The van der Waals surface area contributed by atoms with Gasteiger partial charge in [0.2, 0.25) is 0 Å². The van der Waals surface area contributed by atoms with Gasteiger partial charge >= 0.3 is 5.97 Å². The van der Waals surface area contributed by atoms with Gasteiger partial charge in [-0.3, -0.25) is 9.69 Å². The van der Waals surface area contributed by atoms with Crippen molar-refractivity contribution >= 4 is 29.2 Å². The average Bonchev–Trinajstić information content (AvgIpc) is 2.34. The zero-order valence-corrected chi connectivity index (χ0v) is 11.1. The minimum Gasteiger partial charge on any atom is -0.480 e. The van der Waals surface area contributed by atoms with Gasteiger partial charge in [-0.25, -0.2) is 4.98 Å². The molecule has 1 aliphatic heterocycles. The van der Waals surface area contributed by atoms with Gasteiger partial charge in [-0.15, -0.1) is 0 Å². The van der Waals surface area contributed by atoms with E-state index in [0.29, 0.717) is 35.5 Å². The van der Waals surface area contributed by atoms with Crippen LogP contribution in [0.25, 0.3) is 0 Å². The molecular formula is C11H13Cl2N3O2. The number of hydrogen-bond donors (Lipinski definition) is 2. The second-order valence-electron chi connectivity index (χ2n) is 4.09. The highest BCUT2D eigenvalue weighted by Crippen LogP contribution is 2.19. The topological polar surface area (TPSA) is 65.5 Å². The molecule has 1 atom stereocenters. The summed E-state index contributed by atoms with van der Waals surface area (Å²) in [6.45, 7) is 2.20. The van der Waals surface area contributed by atoms with Crippen LogP contribution >= 0.6 is 23.2 Å². The maximum absolute atomic E-state index is 11.1. The third kappa shape index (κ3) is 3.11. The molecule has 0 amide bonds. The van der Waals surface area contributed by atoms with Gasteiger partial charge in [0.25, 0.3) is 0 Å². The fourth-order valence-corrected chi connectivity index (χ4v) is 2.27. The summed E-state index contributed by atoms with van der Waals surface area (Å²) in [7, 11) is 0. The maximum atomic E-state index is 11.1. The van der Waals surface area contributed by atoms with E-state index in [9.17, 15) is 4.79 Å². The molecule has 1 saturated heterocycles. The molecule has 1 fully saturated rings. The van der Waals surface area contributed by atoms with Crippen molar-refractivity contribution in [1.29, 1.82) is 0 Å². The minimum atomic E-state index is -0.847. The molecule has 0 bridgehead atoms. The minimum absolute atomic E-state index is 0.358. The number of nitrogens with one attached hydrogen (secondary N) is 1. The van der Waals surface area contributed by atoms with Gasteiger partial charge in [0, 0.05) is 26.2 Å². The first-order valence-electron chi connectivity index (χ1n) is 5.56. The van der Waals surface area contributed by atoms with Crippen LogP contribution in [0.5, 0.6) is 0 Å². The van der Waals surface area contributed by atoms with Gasteiger partial charge in [-0.2, -0.15) is 0 Å². The molecule has 1 aromatic heterocycles. The van der Waals surface area contributed by atoms with Crippen LogP contribution in [0.3, 0.4) is 0 Å². The van der Waals surface area contributed by atoms with Crippen molar-refractivity contribution in [2.45, 2.75) is 12.6 Å². The summed E-state index contributed by atoms with van der Waals surface area (Å²) in [5.41, 5.74) is 0.609. The average molecular weight is 290 g/mol. The molecule has 0 radical (unpaired) electrons. The Labute approximate surface area is 115 Å². The molecule has 1 unspecified atom stereocenters. The lowest BCUT2D eigenvalue weighted by Gasteiger charge is -2.33. The Morgan fingerprint density at radius 1 is 1.56 bits per heavy atom. The zero-order chi connectivity index (χ0) is 13.1. The number of halogens is 2. The lowest BCUT2D eigenvalue weighted by molar-refractivity contribution is -0.144. The maximum Gasteiger partial charge on any atom is 0.322 e. The number of carboxylic acid groups (broad SMARTS) is 1. The van der Waals surface area contributed by atoms with Crippen molar-refractivity contribution in [1.82, 2.24) is 15.2 Å². The van der Waals surface area contributed by atoms with Crippen molar-refractivity contribution in [3.63, 3.8) is 0 Å². The van der Waals surface area contributed by atoms with E-state index in [0.717, 1.165) is 6.54 Å². The molecule has 0 saturated carbocycles. The molecule has 98 valence electrons. The molecule has 0 spiro atoms. The van der Waals surface area contributed by atoms with Gasteiger partial charge < -0.3 is 10.4 Å². The second-order valence-corrected chi connectivity index (χ2v) is 4.89. The Hall–Kier alpha value is -0.880. The zero-order valence-electron chi connectivity index (χ0n) is 9.57. The highest BCUT2D eigenvalue weighted by Gasteiger charge is 2.28. The van der Waals surface area contributed by atoms with E-state index in [1.54, 1.807) is 12.1 Å². The lowest BCUT2D eigenvalue weighted by atomic mass is 10.2. The molecule has 1 aromatic rings. The van der Waals surface area contributed by atoms with Crippen LogP contribution in [-0.2, 0) is 11.3 Å². The molecule has 1 aliphatic rings. The quantitative estimate of drug-likeness (QED) is 0.820. The SMILES string of the molecule is O=C(O)C1CNCCN1Cc1nc(Cl)ccc1Cl. The number of nitrogens with zero attached hydrogens (tertiary/aromatic N) is 2. The van der Waals surface area contributed by atoms with E-state index >= 15 is 0 Å². The normalized spacial score (nSPS) is 20.9. The largest absolute Gasteiger partial charge is 0.480 e. The molecule has 0 aliphatic carbocycles. The van der Waals surface area contributed by atoms with Crippen LogP contribution in [0.1, 0.15) is 5.69 Å². The molecule has 5 nitrogen and oxygen atoms in total. The first-order chi connectivity index (χ1) is 8.58. The number of aliphatic carboxylic acids is 1. The highest BCUT2D eigenvalue weighted by atomic mass is 35.5. The van der Waals surface area contributed by atoms with Crippen molar-refractivity contribution in [2.24, 2.45) is 0 Å². The van der Waals surface area contributed by atoms with E-state index in [-0.39, 0.29) is 0 Å². The van der Waals surface area contributed by atoms with E-state index in [1.807, 2.05) is 4.90 Å². The highest BCUT2D eigenvalue weighted by molar-refractivity contribution is 6.32. The summed E-state index contributed by atoms with van der Waals surface area (Å²) in [5, 5.41) is 13.1. The molecule has 2 N–H and O–H groups in total. The van der Waals surface area contributed by atoms with Crippen LogP contribution < -0.4 is 5.32 Å². The van der Waals surface area contributed by atoms with Crippen molar-refractivity contribution < 1.29 is 9.90 Å². The molecule has 2 heterocycles. The van der Waals surface area contributed by atoms with Crippen molar-refractivity contribution in [3.05, 3.63) is 28.0 Å². The van der Waals surface area contributed by atoms with Crippen LogP contribution in [0.4, 0.5) is 0 Å². The van der Waals surface area contributed by atoms with Crippen LogP contribution in [0.2, 0.25) is 10.2 Å². The van der Waals surface area contributed by atoms with E-state index in [2.05, 4.69) is 10.3 Å². The number of carboxylic acids is 1. The monoisotopic (exact) mass is 289 g/mol. The number of pyridine rings is 1. The number of carbonyl (C=O) groups is 1. The molecule has 0 aromatic carbocycles. The Morgan fingerprint density at radius 3 is 3.06 bits per heavy atom. The van der Waals surface area contributed by atoms with Gasteiger partial charge in [0.15, 0.2) is 0 Å². The standard InChI is InChI=1S/C11H13Cl2N3O2/c12-7-1-2-10(13)15-8(7)6-16-4-3-14-5-9(16)11(17)18/h1-2,9,14H,3-6H2,(H,17,18). The Kier molecular flexibility index (Phi) is 4.40. The third-order valence-electron chi connectivity index (χ3n) is 2.88. The first kappa shape index (κ1) is 13.5. The smallest absolute Gasteiger partial charge is 0.322 e. The van der Waals surface area contributed by atoms with E-state index < -0.39 is 12.0 Å². The third-order valence-corrected chi connectivity index (χ3v) is 3.43. The summed E-state index contributed by atoms with van der Waals surface area (Å²) in [6.07, 6.45) is 0. The van der Waals surface area contributed by atoms with Gasteiger partial charge in [0.1, 0.15) is 11.2 Å². The molecule has 7 heteroatoms. The lowest BCUT2D eigenvalue weighted by Crippen LogP contribution is -2.54. The van der Waals surface area contributed by atoms with Crippen LogP contribution in [0.15, 0.2) is 12.1 Å². The Balaban J connectivity index is 2.15. The predicted octanol–water partition coefficient (Wildman–Crippen LogP) is 1.25. The van der Waals surface area contributed by atoms with Crippen LogP contribution in [0, 0.1) is 0 Å². The summed E-state index contributed by atoms with van der Waals surface area (Å²) in [5.74, 6) is -0.847. The fourth-order valence-electron chi connectivity index (χ4n) is 1.94. The molecular weight excluding hydrogens is 277 g/mol. The molecule has 18 heavy (non-hydrogen) atoms. The van der Waals surface area contributed by atoms with Crippen molar-refractivity contribution in [3.8, 4) is 0 Å². The number of piperazine rings is 1. The fraction of sp³-hybridized carbons (Fsp3) is 0.455. The first-order valence-corrected chi connectivity index (χ1v) is 6.32. The van der Waals surface area contributed by atoms with Gasteiger partial charge in [-0.05, 0) is 12.1 Å². The summed E-state index contributed by atoms with van der Waals surface area (Å²) < 4.78 is 0. The summed E-state index contributed by atoms with van der Waals surface area (Å²) >= 11 is 11.8. The predicted molar refractivity (Wildman–Crippen MR) is 69.0 cm³/mol. The van der Waals surface area contributed by atoms with Crippen molar-refractivity contribution in [2.75, 3.05) is 19.6 Å². The number of hydrogen-bond acceptors (Lipinski definition) is 4. The Bertz CT molecular complexity index is 456. The number of rotatable bonds is 3. The van der Waals surface area contributed by atoms with Gasteiger partial charge in [-0.1, -0.05) is 23.2 Å². The van der Waals surface area contributed by atoms with Crippen LogP contribution in [-0.4, -0.2) is 46.6 Å². The summed E-state index contributed by atoms with van der Waals surface area (Å²) in [6, 6.07) is 2.72. The van der Waals surface area contributed by atoms with Gasteiger partial charge in [0.05, 0.1) is 10.7 Å².